The zero-order valence-corrected chi connectivity index (χ0v) is 11.4. The van der Waals surface area contributed by atoms with Crippen LogP contribution in [-0.4, -0.2) is 34.1 Å². The van der Waals surface area contributed by atoms with Crippen molar-refractivity contribution in [2.45, 2.75) is 63.4 Å². The maximum Gasteiger partial charge on any atom is 0.118 e. The van der Waals surface area contributed by atoms with Crippen LogP contribution in [0.4, 0.5) is 0 Å². The van der Waals surface area contributed by atoms with Crippen molar-refractivity contribution in [3.8, 4) is 0 Å². The van der Waals surface area contributed by atoms with Crippen LogP contribution < -0.4 is 0 Å². The van der Waals surface area contributed by atoms with Crippen molar-refractivity contribution >= 4 is 0 Å². The maximum absolute atomic E-state index is 10.4. The van der Waals surface area contributed by atoms with Crippen molar-refractivity contribution in [1.29, 1.82) is 0 Å². The highest BCUT2D eigenvalue weighted by Crippen LogP contribution is 2.41. The lowest BCUT2D eigenvalue weighted by Crippen LogP contribution is -2.48. The Balaban J connectivity index is 2.27. The third-order valence-electron chi connectivity index (χ3n) is 4.63. The van der Waals surface area contributed by atoms with E-state index in [1.807, 2.05) is 6.92 Å². The predicted octanol–water partition coefficient (Wildman–Crippen LogP) is 2.19. The Hall–Kier alpha value is -0.640. The van der Waals surface area contributed by atoms with E-state index in [9.17, 15) is 10.2 Å². The lowest BCUT2D eigenvalue weighted by atomic mass is 9.80. The second-order valence-corrected chi connectivity index (χ2v) is 6.03. The van der Waals surface area contributed by atoms with Gasteiger partial charge < -0.3 is 14.9 Å². The molecule has 18 heavy (non-hydrogen) atoms. The van der Waals surface area contributed by atoms with Crippen molar-refractivity contribution in [2.24, 2.45) is 5.92 Å². The van der Waals surface area contributed by atoms with Crippen LogP contribution in [0, 0.1) is 5.92 Å². The van der Waals surface area contributed by atoms with Crippen molar-refractivity contribution in [3.63, 3.8) is 0 Å². The van der Waals surface area contributed by atoms with Gasteiger partial charge in [0.2, 0.25) is 0 Å². The lowest BCUT2D eigenvalue weighted by Gasteiger charge is -2.34. The Kier molecular flexibility index (Phi) is 3.67. The number of ether oxygens (including phenoxy) is 1. The molecule has 0 amide bonds. The molecule has 2 heterocycles. The highest BCUT2D eigenvalue weighted by Gasteiger charge is 2.50. The van der Waals surface area contributed by atoms with E-state index in [2.05, 4.69) is 13.2 Å². The highest BCUT2D eigenvalue weighted by atomic mass is 16.5. The number of hydrogen-bond acceptors (Lipinski definition) is 3. The van der Waals surface area contributed by atoms with E-state index in [0.29, 0.717) is 12.8 Å². The summed E-state index contributed by atoms with van der Waals surface area (Å²) in [5.74, 6) is 0.267. The van der Waals surface area contributed by atoms with Gasteiger partial charge in [-0.05, 0) is 44.6 Å². The largest absolute Gasteiger partial charge is 0.390 e. The normalized spacial score (nSPS) is 45.2. The summed E-state index contributed by atoms with van der Waals surface area (Å²) in [5.41, 5.74) is 1.24. The van der Waals surface area contributed by atoms with Crippen LogP contribution in [0.5, 0.6) is 0 Å². The number of rotatable bonds is 1. The van der Waals surface area contributed by atoms with Gasteiger partial charge in [0.15, 0.2) is 0 Å². The quantitative estimate of drug-likeness (QED) is 0.703. The fourth-order valence-electron chi connectivity index (χ4n) is 3.01. The Morgan fingerprint density at radius 2 is 1.94 bits per heavy atom. The molecular weight excluding hydrogens is 228 g/mol. The van der Waals surface area contributed by atoms with Crippen LogP contribution in [0.25, 0.3) is 0 Å². The SMILES string of the molecule is C=C(C)[C@@H]1CCC(=C)[C@H]2C[C@@H](O)[C@@](C)(O2)[C@@H](O)C1. The first-order valence-electron chi connectivity index (χ1n) is 6.71. The van der Waals surface area contributed by atoms with Crippen LogP contribution in [0.2, 0.25) is 0 Å². The zero-order chi connectivity index (χ0) is 13.5. The van der Waals surface area contributed by atoms with E-state index in [4.69, 9.17) is 4.74 Å². The molecule has 2 aliphatic heterocycles. The summed E-state index contributed by atoms with van der Waals surface area (Å²) in [7, 11) is 0. The summed E-state index contributed by atoms with van der Waals surface area (Å²) < 4.78 is 5.91. The van der Waals surface area contributed by atoms with Crippen LogP contribution in [0.3, 0.4) is 0 Å². The van der Waals surface area contributed by atoms with Gasteiger partial charge in [-0.3, -0.25) is 0 Å². The van der Waals surface area contributed by atoms with Gasteiger partial charge in [-0.25, -0.2) is 0 Å². The molecule has 0 aromatic carbocycles. The van der Waals surface area contributed by atoms with Crippen molar-refractivity contribution in [2.75, 3.05) is 0 Å². The molecular formula is C15H24O3. The third-order valence-corrected chi connectivity index (χ3v) is 4.63. The van der Waals surface area contributed by atoms with Crippen molar-refractivity contribution in [3.05, 3.63) is 24.3 Å². The number of fused-ring (bicyclic) bond motifs is 2. The molecule has 2 saturated heterocycles. The van der Waals surface area contributed by atoms with Crippen molar-refractivity contribution < 1.29 is 14.9 Å². The standard InChI is InChI=1S/C15H24O3/c1-9(2)11-6-5-10(3)12-8-14(17)15(4,18-12)13(16)7-11/h11-14,16-17H,1,3,5-8H2,2,4H3/t11-,12-,13+,14-,15+/m1/s1. The Morgan fingerprint density at radius 1 is 1.33 bits per heavy atom. The fourth-order valence-corrected chi connectivity index (χ4v) is 3.01. The van der Waals surface area contributed by atoms with Gasteiger partial charge in [-0.2, -0.15) is 0 Å². The molecule has 2 N–H and O–H groups in total. The summed E-state index contributed by atoms with van der Waals surface area (Å²) in [4.78, 5) is 0. The zero-order valence-electron chi connectivity index (χ0n) is 11.4. The molecule has 0 unspecified atom stereocenters. The van der Waals surface area contributed by atoms with E-state index in [-0.39, 0.29) is 12.0 Å². The maximum atomic E-state index is 10.4. The highest BCUT2D eigenvalue weighted by molar-refractivity contribution is 5.14. The lowest BCUT2D eigenvalue weighted by molar-refractivity contribution is -0.136. The molecule has 0 aromatic rings. The van der Waals surface area contributed by atoms with Crippen LogP contribution >= 0.6 is 0 Å². The molecule has 102 valence electrons. The van der Waals surface area contributed by atoms with Crippen molar-refractivity contribution in [1.82, 2.24) is 0 Å². The van der Waals surface area contributed by atoms with Crippen LogP contribution in [-0.2, 0) is 4.74 Å². The van der Waals surface area contributed by atoms with Gasteiger partial charge >= 0.3 is 0 Å². The molecule has 2 fully saturated rings. The first-order chi connectivity index (χ1) is 8.34. The minimum absolute atomic E-state index is 0.122. The smallest absolute Gasteiger partial charge is 0.118 e. The monoisotopic (exact) mass is 252 g/mol. The molecule has 5 atom stereocenters. The van der Waals surface area contributed by atoms with Gasteiger partial charge in [0.1, 0.15) is 5.60 Å². The van der Waals surface area contributed by atoms with E-state index in [1.54, 1.807) is 6.92 Å². The average molecular weight is 252 g/mol. The van der Waals surface area contributed by atoms with Gasteiger partial charge in [0.05, 0.1) is 18.3 Å². The third kappa shape index (κ3) is 2.27. The topological polar surface area (TPSA) is 49.7 Å². The molecule has 0 radical (unpaired) electrons. The summed E-state index contributed by atoms with van der Waals surface area (Å²) in [6.45, 7) is 11.9. The molecule has 2 rings (SSSR count). The van der Waals surface area contributed by atoms with E-state index in [1.165, 1.54) is 0 Å². The van der Waals surface area contributed by atoms with Gasteiger partial charge in [-0.1, -0.05) is 18.7 Å². The Bertz CT molecular complexity index is 363. The van der Waals surface area contributed by atoms with E-state index in [0.717, 1.165) is 24.0 Å². The fraction of sp³-hybridized carbons (Fsp3) is 0.733. The number of aliphatic hydroxyl groups is 2. The van der Waals surface area contributed by atoms with Gasteiger partial charge in [-0.15, -0.1) is 0 Å². The number of aliphatic hydroxyl groups excluding tert-OH is 2. The van der Waals surface area contributed by atoms with Crippen LogP contribution in [0.15, 0.2) is 24.3 Å². The molecule has 0 spiro atoms. The molecule has 2 aliphatic rings. The molecule has 3 nitrogen and oxygen atoms in total. The summed E-state index contributed by atoms with van der Waals surface area (Å²) in [6, 6.07) is 0. The van der Waals surface area contributed by atoms with Gasteiger partial charge in [0, 0.05) is 6.42 Å². The molecule has 2 bridgehead atoms. The van der Waals surface area contributed by atoms with Gasteiger partial charge in [0.25, 0.3) is 0 Å². The molecule has 0 saturated carbocycles. The second-order valence-electron chi connectivity index (χ2n) is 6.03. The predicted molar refractivity (Wildman–Crippen MR) is 71.2 cm³/mol. The van der Waals surface area contributed by atoms with Crippen LogP contribution in [0.1, 0.15) is 39.5 Å². The molecule has 3 heteroatoms. The first-order valence-corrected chi connectivity index (χ1v) is 6.71. The minimum Gasteiger partial charge on any atom is -0.390 e. The average Bonchev–Trinajstić information content (AvgIpc) is 2.61. The second kappa shape index (κ2) is 4.80. The molecule has 0 aliphatic carbocycles. The summed E-state index contributed by atoms with van der Waals surface area (Å²) in [5, 5.41) is 20.6. The first kappa shape index (κ1) is 13.8. The number of allylic oxidation sites excluding steroid dienone is 1. The Morgan fingerprint density at radius 3 is 2.56 bits per heavy atom. The van der Waals surface area contributed by atoms with E-state index >= 15 is 0 Å². The minimum atomic E-state index is -0.869. The van der Waals surface area contributed by atoms with E-state index < -0.39 is 17.8 Å². The summed E-state index contributed by atoms with van der Waals surface area (Å²) >= 11 is 0. The number of hydrogen-bond donors (Lipinski definition) is 2. The molecule has 0 aromatic heterocycles. The summed E-state index contributed by atoms with van der Waals surface area (Å²) in [6.07, 6.45) is 1.56. The Labute approximate surface area is 109 Å².